The number of aromatic nitrogens is 2. The Morgan fingerprint density at radius 3 is 1.37 bits per heavy atom. The first kappa shape index (κ1) is 103. The normalized spacial score (nSPS) is 17.1. The fourth-order valence-corrected chi connectivity index (χ4v) is 10.8. The highest BCUT2D eigenvalue weighted by Gasteiger charge is 2.43. The highest BCUT2D eigenvalue weighted by molar-refractivity contribution is 9.10. The van der Waals surface area contributed by atoms with Gasteiger partial charge >= 0.3 is 36.1 Å². The third kappa shape index (κ3) is 34.8. The Balaban J connectivity index is 0.000000611. The number of carboxylic acid groups (broad SMARTS) is 1. The predicted octanol–water partition coefficient (Wildman–Crippen LogP) is 13.1. The van der Waals surface area contributed by atoms with E-state index in [9.17, 15) is 71.2 Å². The topological polar surface area (TPSA) is 368 Å². The van der Waals surface area contributed by atoms with Crippen LogP contribution in [-0.2, 0) is 52.5 Å². The average molecular weight is 1790 g/mol. The van der Waals surface area contributed by atoms with Crippen molar-refractivity contribution in [2.45, 2.75) is 210 Å². The number of alkyl halides is 10. The number of carboxylic acids is 1. The van der Waals surface area contributed by atoms with Crippen LogP contribution in [0.4, 0.5) is 27.2 Å². The van der Waals surface area contributed by atoms with Crippen LogP contribution in [0.3, 0.4) is 0 Å². The van der Waals surface area contributed by atoms with E-state index in [1.54, 1.807) is 86.6 Å². The van der Waals surface area contributed by atoms with E-state index in [0.717, 1.165) is 38.6 Å². The van der Waals surface area contributed by atoms with Gasteiger partial charge in [0, 0.05) is 28.3 Å². The van der Waals surface area contributed by atoms with Gasteiger partial charge in [0.05, 0.1) is 52.7 Å². The molecule has 4 aromatic rings. The number of esters is 3. The third-order valence-corrected chi connectivity index (χ3v) is 17.7. The summed E-state index contributed by atoms with van der Waals surface area (Å²) in [5.41, 5.74) is 3.24. The minimum absolute atomic E-state index is 0. The lowest BCUT2D eigenvalue weighted by Gasteiger charge is -2.36. The molecule has 10 atom stereocenters. The molecule has 0 bridgehead atoms. The van der Waals surface area contributed by atoms with Crippen molar-refractivity contribution in [3.05, 3.63) is 101 Å². The van der Waals surface area contributed by atoms with Gasteiger partial charge in [0.2, 0.25) is 7.59 Å². The van der Waals surface area contributed by atoms with Crippen LogP contribution in [-0.4, -0.2) is 209 Å². The number of aliphatic carboxylic acids is 1. The number of benzene rings is 2. The number of carbonyl (C=O) groups is 8. The maximum absolute atomic E-state index is 14.6. The molecule has 636 valence electrons. The van der Waals surface area contributed by atoms with E-state index in [-0.39, 0.29) is 38.4 Å². The molecule has 2 aromatic carbocycles. The third-order valence-electron chi connectivity index (χ3n) is 16.6. The number of carbonyl (C=O) groups excluding carboxylic acids is 7. The first-order valence-electron chi connectivity index (χ1n) is 35.5. The van der Waals surface area contributed by atoms with Crippen molar-refractivity contribution in [2.24, 2.45) is 22.7 Å². The van der Waals surface area contributed by atoms with Gasteiger partial charge in [0.15, 0.2) is 0 Å². The molecule has 2 unspecified atom stereocenters. The monoisotopic (exact) mass is 1780 g/mol. The number of ether oxygens (including phenoxy) is 5. The quantitative estimate of drug-likeness (QED) is 0.00630. The van der Waals surface area contributed by atoms with E-state index < -0.39 is 166 Å². The first-order valence-corrected chi connectivity index (χ1v) is 38.6. The van der Waals surface area contributed by atoms with Gasteiger partial charge in [-0.2, -0.15) is 0 Å². The van der Waals surface area contributed by atoms with Crippen molar-refractivity contribution < 1.29 is 100 Å². The van der Waals surface area contributed by atoms with Crippen LogP contribution in [0, 0.1) is 22.7 Å². The summed E-state index contributed by atoms with van der Waals surface area (Å²) in [5, 5.41) is 54.3. The molecule has 2 aromatic heterocycles. The number of hydrogen-bond acceptors (Lipinski definition) is 22. The molecule has 113 heavy (non-hydrogen) atoms. The summed E-state index contributed by atoms with van der Waals surface area (Å²) in [6.45, 7) is 21.5. The number of fused-ring (bicyclic) bond motifs is 2. The number of rotatable bonds is 28. The molecular formula is C75H107BrCl6F4N10O17. The van der Waals surface area contributed by atoms with Gasteiger partial charge in [-0.1, -0.05) is 169 Å². The SMILES string of the molecule is C.C=CC(CF)(CF)C(=O)O.CC(C)[C@H](O)C(O)N[C@@H](C)C(=O)N1CCC[C@@H](C(=O)OCC(Cl)(Cl)Cl)N1.CC(C)[C@H](OC(=O)C(/C=C/c1ccc2ccc([C@@H](C)NC(=O)OC(C)(C)C)nc2c1)(CF)CF)C(O)N[C@@H](C)C(=O)N1CCC[C@@H](C(=O)OCC(Cl)(Cl)Cl)N1.C[C@@H](NC(=O)OC(C)(C)C)c1ccc2ccc(Br)cc2n1. The number of aliphatic hydroxyl groups excluding tert-OH is 3. The van der Waals surface area contributed by atoms with Gasteiger partial charge in [-0.25, -0.2) is 38.0 Å². The molecule has 4 amide bonds. The number of nitrogens with zero attached hydrogens (tertiary/aromatic N) is 4. The van der Waals surface area contributed by atoms with Crippen molar-refractivity contribution in [3.63, 3.8) is 0 Å². The zero-order chi connectivity index (χ0) is 85.2. The maximum atomic E-state index is 14.6. The van der Waals surface area contributed by atoms with Crippen molar-refractivity contribution in [1.29, 1.82) is 0 Å². The van der Waals surface area contributed by atoms with E-state index in [1.165, 1.54) is 23.0 Å². The Morgan fingerprint density at radius 2 is 1.01 bits per heavy atom. The number of amides is 4. The Kier molecular flexibility index (Phi) is 42.4. The van der Waals surface area contributed by atoms with Crippen molar-refractivity contribution in [3.8, 4) is 0 Å². The van der Waals surface area contributed by atoms with Crippen molar-refractivity contribution in [2.75, 3.05) is 53.0 Å². The second kappa shape index (κ2) is 46.6. The summed E-state index contributed by atoms with van der Waals surface area (Å²) in [6, 6.07) is 14.3. The molecule has 38 heteroatoms. The van der Waals surface area contributed by atoms with E-state index in [4.69, 9.17) is 98.4 Å². The van der Waals surface area contributed by atoms with Crippen LogP contribution < -0.4 is 32.1 Å². The maximum Gasteiger partial charge on any atom is 0.408 e. The fraction of sp³-hybridized carbons (Fsp3) is 0.600. The average Bonchev–Trinajstić information content (AvgIpc) is 1.40. The summed E-state index contributed by atoms with van der Waals surface area (Å²) in [7, 11) is 0. The van der Waals surface area contributed by atoms with E-state index >= 15 is 0 Å². The molecule has 2 aliphatic heterocycles. The van der Waals surface area contributed by atoms with Crippen LogP contribution in [0.1, 0.15) is 159 Å². The van der Waals surface area contributed by atoms with Crippen LogP contribution >= 0.6 is 85.5 Å². The molecule has 0 aliphatic carbocycles. The lowest BCUT2D eigenvalue weighted by atomic mass is 9.89. The number of alkyl carbamates (subject to hydrolysis) is 2. The highest BCUT2D eigenvalue weighted by Crippen LogP contribution is 2.31. The summed E-state index contributed by atoms with van der Waals surface area (Å²) < 4.78 is 76.5. The number of aliphatic hydroxyl groups is 3. The van der Waals surface area contributed by atoms with E-state index in [1.807, 2.05) is 64.1 Å². The Hall–Kier alpha value is -6.24. The molecule has 6 rings (SSSR count). The fourth-order valence-electron chi connectivity index (χ4n) is 10.1. The van der Waals surface area contributed by atoms with Gasteiger partial charge in [-0.3, -0.25) is 59.4 Å². The smallest absolute Gasteiger partial charge is 0.408 e. The van der Waals surface area contributed by atoms with Gasteiger partial charge < -0.3 is 54.7 Å². The Labute approximate surface area is 695 Å². The summed E-state index contributed by atoms with van der Waals surface area (Å²) in [6.07, 6.45) is -1.18. The summed E-state index contributed by atoms with van der Waals surface area (Å²) in [4.78, 5) is 107. The minimum Gasteiger partial charge on any atom is -0.480 e. The van der Waals surface area contributed by atoms with E-state index in [2.05, 4.69) is 64.6 Å². The molecule has 2 fully saturated rings. The zero-order valence-corrected chi connectivity index (χ0v) is 70.8. The highest BCUT2D eigenvalue weighted by atomic mass is 79.9. The standard InChI is InChI=1S/C37H50Cl3F2N5O8.C16H19BrN2O2.C15H26Cl3N3O5.C6H8F2O2.CH4/c1-21(2)29(30(48)43-23(4)31(49)47-16-8-9-27(46-47)32(50)53-20-37(38,39)40)54-33(51)36(18-41,19-42)15-14-24-10-11-25-12-13-26(45-28(25)17-24)22(3)44-34(52)55-35(5,6)7;1-10(18-15(20)21-16(2,3)4)13-8-6-11-5-7-12(17)9-14(11)19-13;1-8(2)11(22)12(23)19-9(3)13(24)21-6-4-5-10(20-21)14(25)26-7-15(16,17)18;1-2-6(3-7,4-8)5(9)10;/h10-15,17,21-23,27,29-30,43,46,48H,8-9,16,18-20H2,1-7H3,(H,44,52);5-10H,1-4H3,(H,18,20);8-12,19-20,22-23H,4-7H2,1-3H3;2H,1,3-4H2,(H,9,10);1H4/b15-14+;;;;/t22-,23+,27+,29+,30?;10-;9-,10-,11-,12?;;/m110../s1. The Morgan fingerprint density at radius 1 is 0.611 bits per heavy atom. The van der Waals surface area contributed by atoms with Crippen LogP contribution in [0.5, 0.6) is 0 Å². The predicted molar refractivity (Wildman–Crippen MR) is 430 cm³/mol. The van der Waals surface area contributed by atoms with Crippen LogP contribution in [0.15, 0.2) is 83.9 Å². The van der Waals surface area contributed by atoms with Crippen molar-refractivity contribution in [1.82, 2.24) is 52.1 Å². The van der Waals surface area contributed by atoms with E-state index in [0.29, 0.717) is 49.0 Å². The lowest BCUT2D eigenvalue weighted by Crippen LogP contribution is -2.61. The molecule has 4 heterocycles. The molecule has 10 N–H and O–H groups in total. The second-order valence-electron chi connectivity index (χ2n) is 29.3. The van der Waals surface area contributed by atoms with Crippen LogP contribution in [0.25, 0.3) is 27.9 Å². The lowest BCUT2D eigenvalue weighted by molar-refractivity contribution is -0.172. The zero-order valence-electron chi connectivity index (χ0n) is 64.7. The van der Waals surface area contributed by atoms with Gasteiger partial charge in [-0.05, 0) is 143 Å². The largest absolute Gasteiger partial charge is 0.480 e. The second-order valence-corrected chi connectivity index (χ2v) is 35.2. The summed E-state index contributed by atoms with van der Waals surface area (Å²) >= 11 is 37.0. The molecule has 0 spiro atoms. The molecule has 2 aliphatic rings. The number of halogens is 11. The molecular weight excluding hydrogens is 1680 g/mol. The van der Waals surface area contributed by atoms with Crippen molar-refractivity contribution >= 4 is 161 Å². The first-order chi connectivity index (χ1) is 51.9. The van der Waals surface area contributed by atoms with Crippen LogP contribution in [0.2, 0.25) is 0 Å². The summed E-state index contributed by atoms with van der Waals surface area (Å²) in [5.74, 6) is -5.79. The number of nitrogens with one attached hydrogen (secondary N) is 6. The number of hydrazine groups is 2. The molecule has 27 nitrogen and oxygen atoms in total. The van der Waals surface area contributed by atoms with Gasteiger partial charge in [0.1, 0.15) is 92.6 Å². The molecule has 0 saturated carbocycles. The molecule has 0 radical (unpaired) electrons. The number of pyridine rings is 2. The number of hydrogen-bond donors (Lipinski definition) is 10. The van der Waals surface area contributed by atoms with Gasteiger partial charge in [0.25, 0.3) is 11.8 Å². The minimum atomic E-state index is -2.35. The Bertz CT molecular complexity index is 3820. The van der Waals surface area contributed by atoms with Gasteiger partial charge in [-0.15, -0.1) is 6.58 Å². The molecule has 2 saturated heterocycles.